The first-order valence-corrected chi connectivity index (χ1v) is 7.79. The van der Waals surface area contributed by atoms with Crippen molar-refractivity contribution in [1.29, 1.82) is 0 Å². The Morgan fingerprint density at radius 2 is 1.85 bits per heavy atom. The predicted octanol–water partition coefficient (Wildman–Crippen LogP) is 2.53. The van der Waals surface area contributed by atoms with Gasteiger partial charge in [0.15, 0.2) is 0 Å². The highest BCUT2D eigenvalue weighted by Crippen LogP contribution is 2.09. The average molecular weight is 274 g/mol. The average Bonchev–Trinajstić information content (AvgIpc) is 2.70. The highest BCUT2D eigenvalue weighted by atomic mass is 16.1. The number of hydrogen-bond donors (Lipinski definition) is 1. The molecule has 1 aliphatic rings. The molecule has 3 nitrogen and oxygen atoms in total. The van der Waals surface area contributed by atoms with Crippen LogP contribution < -0.4 is 5.32 Å². The van der Waals surface area contributed by atoms with Gasteiger partial charge in [-0.3, -0.25) is 4.79 Å². The van der Waals surface area contributed by atoms with Crippen molar-refractivity contribution in [1.82, 2.24) is 10.2 Å². The lowest BCUT2D eigenvalue weighted by atomic mass is 10.1. The van der Waals surface area contributed by atoms with Crippen LogP contribution in [0.3, 0.4) is 0 Å². The van der Waals surface area contributed by atoms with Crippen LogP contribution in [0.15, 0.2) is 24.3 Å². The lowest BCUT2D eigenvalue weighted by molar-refractivity contribution is -0.120. The second-order valence-electron chi connectivity index (χ2n) is 5.71. The molecule has 0 bridgehead atoms. The van der Waals surface area contributed by atoms with Crippen LogP contribution in [0.25, 0.3) is 0 Å². The smallest absolute Gasteiger partial charge is 0.224 e. The van der Waals surface area contributed by atoms with E-state index < -0.39 is 0 Å². The van der Waals surface area contributed by atoms with Gasteiger partial charge in [0.05, 0.1) is 6.42 Å². The van der Waals surface area contributed by atoms with Crippen molar-refractivity contribution in [3.8, 4) is 0 Å². The number of nitrogens with zero attached hydrogens (tertiary/aromatic N) is 1. The van der Waals surface area contributed by atoms with Gasteiger partial charge in [0.1, 0.15) is 0 Å². The Labute approximate surface area is 122 Å². The van der Waals surface area contributed by atoms with E-state index in [1.807, 2.05) is 18.2 Å². The SMILES string of the molecule is Cc1ccccc1CC(=O)NCCN1CCCCCC1. The maximum Gasteiger partial charge on any atom is 0.224 e. The van der Waals surface area contributed by atoms with E-state index in [0.717, 1.165) is 18.7 Å². The van der Waals surface area contributed by atoms with Gasteiger partial charge in [-0.1, -0.05) is 37.1 Å². The minimum absolute atomic E-state index is 0.133. The molecule has 3 heteroatoms. The maximum absolute atomic E-state index is 11.9. The molecular formula is C17H26N2O. The van der Waals surface area contributed by atoms with Crippen LogP contribution in [-0.4, -0.2) is 37.0 Å². The first-order chi connectivity index (χ1) is 9.75. The number of carbonyl (C=O) groups is 1. The normalized spacial score (nSPS) is 16.6. The number of rotatable bonds is 5. The minimum atomic E-state index is 0.133. The van der Waals surface area contributed by atoms with E-state index in [-0.39, 0.29) is 5.91 Å². The van der Waals surface area contributed by atoms with Crippen molar-refractivity contribution < 1.29 is 4.79 Å². The van der Waals surface area contributed by atoms with Crippen LogP contribution in [-0.2, 0) is 11.2 Å². The predicted molar refractivity (Wildman–Crippen MR) is 82.8 cm³/mol. The fourth-order valence-electron chi connectivity index (χ4n) is 2.76. The van der Waals surface area contributed by atoms with Crippen LogP contribution in [0.5, 0.6) is 0 Å². The van der Waals surface area contributed by atoms with E-state index in [2.05, 4.69) is 23.2 Å². The summed E-state index contributed by atoms with van der Waals surface area (Å²) in [5.41, 5.74) is 2.31. The summed E-state index contributed by atoms with van der Waals surface area (Å²) in [5.74, 6) is 0.133. The molecule has 0 saturated carbocycles. The second kappa shape index (κ2) is 8.05. The van der Waals surface area contributed by atoms with Crippen molar-refractivity contribution in [2.24, 2.45) is 0 Å². The van der Waals surface area contributed by atoms with Gasteiger partial charge in [0, 0.05) is 13.1 Å². The summed E-state index contributed by atoms with van der Waals surface area (Å²) < 4.78 is 0. The molecule has 1 aliphatic heterocycles. The second-order valence-corrected chi connectivity index (χ2v) is 5.71. The molecule has 2 rings (SSSR count). The molecule has 1 N–H and O–H groups in total. The monoisotopic (exact) mass is 274 g/mol. The van der Waals surface area contributed by atoms with Crippen molar-refractivity contribution in [3.05, 3.63) is 35.4 Å². The van der Waals surface area contributed by atoms with Gasteiger partial charge in [-0.25, -0.2) is 0 Å². The first-order valence-electron chi connectivity index (χ1n) is 7.79. The summed E-state index contributed by atoms with van der Waals surface area (Å²) in [5, 5.41) is 3.05. The van der Waals surface area contributed by atoms with Gasteiger partial charge in [-0.05, 0) is 44.0 Å². The lowest BCUT2D eigenvalue weighted by Gasteiger charge is -2.19. The summed E-state index contributed by atoms with van der Waals surface area (Å²) in [4.78, 5) is 14.4. The highest BCUT2D eigenvalue weighted by molar-refractivity contribution is 5.78. The maximum atomic E-state index is 11.9. The van der Waals surface area contributed by atoms with Gasteiger partial charge in [-0.2, -0.15) is 0 Å². The summed E-state index contributed by atoms with van der Waals surface area (Å²) >= 11 is 0. The molecule has 1 aromatic rings. The van der Waals surface area contributed by atoms with E-state index in [4.69, 9.17) is 0 Å². The fraction of sp³-hybridized carbons (Fsp3) is 0.588. The number of hydrogen-bond acceptors (Lipinski definition) is 2. The summed E-state index contributed by atoms with van der Waals surface area (Å²) in [6, 6.07) is 8.09. The van der Waals surface area contributed by atoms with Crippen molar-refractivity contribution >= 4 is 5.91 Å². The zero-order valence-corrected chi connectivity index (χ0v) is 12.5. The molecule has 0 aromatic heterocycles. The van der Waals surface area contributed by atoms with Crippen molar-refractivity contribution in [2.45, 2.75) is 39.0 Å². The number of nitrogens with one attached hydrogen (secondary N) is 1. The molecule has 0 aliphatic carbocycles. The zero-order valence-electron chi connectivity index (χ0n) is 12.5. The Balaban J connectivity index is 1.68. The highest BCUT2D eigenvalue weighted by Gasteiger charge is 2.09. The third-order valence-electron chi connectivity index (χ3n) is 4.06. The molecule has 1 heterocycles. The van der Waals surface area contributed by atoms with Crippen LogP contribution in [0.4, 0.5) is 0 Å². The number of likely N-dealkylation sites (tertiary alicyclic amines) is 1. The Morgan fingerprint density at radius 1 is 1.15 bits per heavy atom. The quantitative estimate of drug-likeness (QED) is 0.895. The lowest BCUT2D eigenvalue weighted by Crippen LogP contribution is -2.36. The number of aryl methyl sites for hydroxylation is 1. The molecule has 20 heavy (non-hydrogen) atoms. The standard InChI is InChI=1S/C17H26N2O/c1-15-8-4-5-9-16(15)14-17(20)18-10-13-19-11-6-2-3-7-12-19/h4-5,8-9H,2-3,6-7,10-14H2,1H3,(H,18,20). The molecule has 1 fully saturated rings. The molecule has 0 spiro atoms. The van der Waals surface area contributed by atoms with Gasteiger partial charge in [0.25, 0.3) is 0 Å². The Morgan fingerprint density at radius 3 is 2.55 bits per heavy atom. The third kappa shape index (κ3) is 4.97. The van der Waals surface area contributed by atoms with E-state index in [1.165, 1.54) is 44.3 Å². The molecule has 0 unspecified atom stereocenters. The van der Waals surface area contributed by atoms with Crippen molar-refractivity contribution in [3.63, 3.8) is 0 Å². The minimum Gasteiger partial charge on any atom is -0.355 e. The van der Waals surface area contributed by atoms with Crippen molar-refractivity contribution in [2.75, 3.05) is 26.2 Å². The van der Waals surface area contributed by atoms with Crippen LogP contribution >= 0.6 is 0 Å². The van der Waals surface area contributed by atoms with E-state index >= 15 is 0 Å². The Hall–Kier alpha value is -1.35. The Kier molecular flexibility index (Phi) is 6.06. The number of benzene rings is 1. The summed E-state index contributed by atoms with van der Waals surface area (Å²) in [6.07, 6.45) is 5.81. The van der Waals surface area contributed by atoms with E-state index in [9.17, 15) is 4.79 Å². The largest absolute Gasteiger partial charge is 0.355 e. The molecule has 110 valence electrons. The molecule has 1 aromatic carbocycles. The van der Waals surface area contributed by atoms with Crippen LogP contribution in [0.2, 0.25) is 0 Å². The number of amides is 1. The fourth-order valence-corrected chi connectivity index (χ4v) is 2.76. The third-order valence-corrected chi connectivity index (χ3v) is 4.06. The van der Waals surface area contributed by atoms with Gasteiger partial charge < -0.3 is 10.2 Å². The van der Waals surface area contributed by atoms with Gasteiger partial charge in [0.2, 0.25) is 5.91 Å². The molecule has 0 radical (unpaired) electrons. The molecule has 0 atom stereocenters. The van der Waals surface area contributed by atoms with Gasteiger partial charge in [-0.15, -0.1) is 0 Å². The zero-order chi connectivity index (χ0) is 14.2. The van der Waals surface area contributed by atoms with E-state index in [0.29, 0.717) is 6.42 Å². The van der Waals surface area contributed by atoms with E-state index in [1.54, 1.807) is 0 Å². The number of carbonyl (C=O) groups excluding carboxylic acids is 1. The summed E-state index contributed by atoms with van der Waals surface area (Å²) in [7, 11) is 0. The Bertz CT molecular complexity index is 423. The molecule has 1 saturated heterocycles. The molecular weight excluding hydrogens is 248 g/mol. The van der Waals surface area contributed by atoms with Gasteiger partial charge >= 0.3 is 0 Å². The van der Waals surface area contributed by atoms with Crippen LogP contribution in [0.1, 0.15) is 36.8 Å². The molecule has 1 amide bonds. The van der Waals surface area contributed by atoms with Crippen LogP contribution in [0, 0.1) is 6.92 Å². The summed E-state index contributed by atoms with van der Waals surface area (Å²) in [6.45, 7) is 6.19. The first kappa shape index (κ1) is 15.0. The topological polar surface area (TPSA) is 32.3 Å².